The molecule has 0 spiro atoms. The minimum atomic E-state index is 0.869. The molecule has 0 aromatic rings. The van der Waals surface area contributed by atoms with Gasteiger partial charge in [0, 0.05) is 14.1 Å². The molecule has 0 aromatic heterocycles. The summed E-state index contributed by atoms with van der Waals surface area (Å²) in [7, 11) is 1.74. The van der Waals surface area contributed by atoms with E-state index >= 15 is 0 Å². The summed E-state index contributed by atoms with van der Waals surface area (Å²) in [5, 5.41) is 0. The van der Waals surface area contributed by atoms with Crippen LogP contribution in [-0.2, 0) is 23.6 Å². The zero-order chi connectivity index (χ0) is 3.41. The van der Waals surface area contributed by atoms with Crippen LogP contribution >= 0.6 is 14.1 Å². The molecule has 0 saturated heterocycles. The van der Waals surface area contributed by atoms with Crippen molar-refractivity contribution in [3.63, 3.8) is 0 Å². The van der Waals surface area contributed by atoms with Crippen LogP contribution in [0, 0.1) is 0 Å². The van der Waals surface area contributed by atoms with E-state index < -0.39 is 0 Å². The van der Waals surface area contributed by atoms with Gasteiger partial charge >= 0.3 is 0 Å². The largest absolute Gasteiger partial charge is 0.0464 e. The molecule has 0 amide bonds. The average Bonchev–Trinajstić information content (AvgIpc) is 1.37. The Morgan fingerprint density at radius 2 is 1.25 bits per heavy atom. The second-order valence-corrected chi connectivity index (χ2v) is 4.41. The van der Waals surface area contributed by atoms with Gasteiger partial charge in [-0.05, 0) is 23.6 Å². The lowest BCUT2D eigenvalue weighted by Gasteiger charge is -1.34. The Morgan fingerprint density at radius 3 is 1.25 bits per heavy atom. The van der Waals surface area contributed by atoms with Crippen LogP contribution in [0.2, 0.25) is 0 Å². The second-order valence-electron chi connectivity index (χ2n) is 0.163. The van der Waals surface area contributed by atoms with Crippen molar-refractivity contribution in [2.75, 3.05) is 0 Å². The van der Waals surface area contributed by atoms with Gasteiger partial charge in [-0.3, -0.25) is 0 Å². The van der Waals surface area contributed by atoms with Crippen molar-refractivity contribution >= 4 is 37.7 Å². The van der Waals surface area contributed by atoms with Gasteiger partial charge in [-0.2, -0.15) is 0 Å². The van der Waals surface area contributed by atoms with Crippen molar-refractivity contribution in [3.8, 4) is 0 Å². The molecule has 4 heteroatoms. The molecule has 0 aromatic carbocycles. The van der Waals surface area contributed by atoms with Gasteiger partial charge in [-0.25, -0.2) is 0 Å². The molecule has 0 bridgehead atoms. The Hall–Kier alpha value is 1.04. The maximum Gasteiger partial charge on any atom is 0.0464 e. The number of hydrogen-bond donors (Lipinski definition) is 0. The minimum Gasteiger partial charge on any atom is -0.0464 e. The Bertz CT molecular complexity index is 25.0. The molecule has 4 heavy (non-hydrogen) atoms. The first-order chi connectivity index (χ1) is 1.91. The van der Waals surface area contributed by atoms with Gasteiger partial charge in [0.2, 0.25) is 0 Å². The highest BCUT2D eigenvalue weighted by Gasteiger charge is 1.39. The van der Waals surface area contributed by atoms with E-state index in [1.165, 1.54) is 0 Å². The lowest BCUT2D eigenvalue weighted by Crippen LogP contribution is -0.780. The summed E-state index contributed by atoms with van der Waals surface area (Å²) in [6.07, 6.45) is 0. The Labute approximate surface area is 38.2 Å². The van der Waals surface area contributed by atoms with Gasteiger partial charge in [-0.15, -0.1) is 0 Å². The van der Waals surface area contributed by atoms with E-state index in [2.05, 4.69) is 23.6 Å². The van der Waals surface area contributed by atoms with Gasteiger partial charge < -0.3 is 0 Å². The third-order valence-electron chi connectivity index (χ3n) is 0.0333. The van der Waals surface area contributed by atoms with E-state index in [-0.39, 0.29) is 0 Å². The summed E-state index contributed by atoms with van der Waals surface area (Å²) < 4.78 is 0. The van der Waals surface area contributed by atoms with Crippen molar-refractivity contribution in [1.29, 1.82) is 0 Å². The minimum absolute atomic E-state index is 0.869. The Kier molecular flexibility index (Phi) is 5.09. The molecular weight excluding hydrogens is 126 g/mol. The number of hydrogen-bond acceptors (Lipinski definition) is 2. The monoisotopic (exact) mass is 126 g/mol. The van der Waals surface area contributed by atoms with Crippen LogP contribution in [0.4, 0.5) is 0 Å². The Balaban J connectivity index is 2.73. The van der Waals surface area contributed by atoms with Crippen LogP contribution in [0.15, 0.2) is 0 Å². The van der Waals surface area contributed by atoms with Gasteiger partial charge in [0.05, 0.1) is 0 Å². The summed E-state index contributed by atoms with van der Waals surface area (Å²) in [5.41, 5.74) is 0. The third-order valence-corrected chi connectivity index (χ3v) is 2.70. The lowest BCUT2D eigenvalue weighted by molar-refractivity contribution is 5.63. The first kappa shape index (κ1) is 5.04. The molecule has 0 rings (SSSR count). The molecule has 0 unspecified atom stereocenters. The highest BCUT2D eigenvalue weighted by Crippen LogP contribution is 2.10. The van der Waals surface area contributed by atoms with E-state index in [4.69, 9.17) is 0 Å². The maximum atomic E-state index is 4.41. The quantitative estimate of drug-likeness (QED) is 0.490. The van der Waals surface area contributed by atoms with Crippen LogP contribution < -0.4 is 0 Å². The molecule has 0 atom stereocenters. The summed E-state index contributed by atoms with van der Waals surface area (Å²) in [6.45, 7) is 0. The molecule has 0 N–H and O–H groups in total. The van der Waals surface area contributed by atoms with Crippen LogP contribution in [0.5, 0.6) is 0 Å². The first-order valence-corrected chi connectivity index (χ1v) is 5.09. The fourth-order valence-electron chi connectivity index (χ4n) is 0. The molecule has 0 nitrogen and oxygen atoms in total. The van der Waals surface area contributed by atoms with E-state index in [0.29, 0.717) is 0 Å². The maximum absolute atomic E-state index is 4.41. The van der Waals surface area contributed by atoms with Crippen molar-refractivity contribution in [2.24, 2.45) is 0 Å². The molecule has 0 aliphatic heterocycles. The molecule has 0 aliphatic carbocycles. The van der Waals surface area contributed by atoms with Crippen molar-refractivity contribution in [3.05, 3.63) is 0 Å². The summed E-state index contributed by atoms with van der Waals surface area (Å²) in [4.78, 5) is 0. The van der Waals surface area contributed by atoms with E-state index in [9.17, 15) is 0 Å². The van der Waals surface area contributed by atoms with Gasteiger partial charge in [0.15, 0.2) is 0 Å². The summed E-state index contributed by atoms with van der Waals surface area (Å²) in [5.74, 6) is 0. The second kappa shape index (κ2) is 4.04. The molecule has 0 heterocycles. The van der Waals surface area contributed by atoms with Crippen LogP contribution in [0.1, 0.15) is 0 Å². The van der Waals surface area contributed by atoms with Gasteiger partial charge in [0.1, 0.15) is 0 Å². The summed E-state index contributed by atoms with van der Waals surface area (Å²) >= 11 is 8.82. The van der Waals surface area contributed by atoms with E-state index in [1.807, 2.05) is 0 Å². The highest BCUT2D eigenvalue weighted by atomic mass is 32.7. The molecule has 22 valence electrons. The van der Waals surface area contributed by atoms with Crippen molar-refractivity contribution in [1.82, 2.24) is 0 Å². The zero-order valence-electron chi connectivity index (χ0n) is 1.71. The predicted molar refractivity (Wildman–Crippen MR) is 28.6 cm³/mol. The zero-order valence-corrected chi connectivity index (χ0v) is 5.13. The first-order valence-electron chi connectivity index (χ1n) is 0.565. The fraction of sp³-hybridized carbons (Fsp3) is 0. The molecular formula is P2S2. The van der Waals surface area contributed by atoms with E-state index in [0.717, 1.165) is 14.1 Å². The van der Waals surface area contributed by atoms with Crippen LogP contribution in [0.25, 0.3) is 0 Å². The van der Waals surface area contributed by atoms with Crippen LogP contribution in [-0.4, -0.2) is 0 Å². The molecule has 0 aliphatic rings. The number of rotatable bonds is 1. The lowest BCUT2D eigenvalue weighted by atomic mass is 29.8. The van der Waals surface area contributed by atoms with E-state index in [1.54, 1.807) is 0 Å². The topological polar surface area (TPSA) is 0 Å². The highest BCUT2D eigenvalue weighted by molar-refractivity contribution is 8.40. The molecule has 0 fully saturated rings. The SMILES string of the molecule is S=PP=S. The smallest absolute Gasteiger partial charge is 0.0464 e. The predicted octanol–water partition coefficient (Wildman–Crippen LogP) is 1.72. The fourth-order valence-corrected chi connectivity index (χ4v) is 0. The molecule has 0 radical (unpaired) electrons. The summed E-state index contributed by atoms with van der Waals surface area (Å²) in [6, 6.07) is 0. The average molecular weight is 126 g/mol. The standard InChI is InChI=1S/P2S2/c3-1-2-4. The third kappa shape index (κ3) is 3.04. The Morgan fingerprint density at radius 1 is 1.00 bits per heavy atom. The van der Waals surface area contributed by atoms with Crippen molar-refractivity contribution in [2.45, 2.75) is 0 Å². The normalized spacial score (nSPS) is 9.00. The van der Waals surface area contributed by atoms with Gasteiger partial charge in [-0.1, -0.05) is 0 Å². The van der Waals surface area contributed by atoms with Crippen LogP contribution in [0.3, 0.4) is 0 Å². The molecule has 0 saturated carbocycles. The van der Waals surface area contributed by atoms with Crippen molar-refractivity contribution < 1.29 is 0 Å². The van der Waals surface area contributed by atoms with Gasteiger partial charge in [0.25, 0.3) is 0 Å².